The molecule has 4 nitrogen and oxygen atoms in total. The van der Waals surface area contributed by atoms with Crippen LogP contribution in [0.15, 0.2) is 18.2 Å². The summed E-state index contributed by atoms with van der Waals surface area (Å²) in [4.78, 5) is 14.6. The Morgan fingerprint density at radius 1 is 1.45 bits per heavy atom. The van der Waals surface area contributed by atoms with E-state index in [4.69, 9.17) is 4.74 Å². The molecule has 1 saturated carbocycles. The number of nitrogens with one attached hydrogen (secondary N) is 1. The molecule has 3 atom stereocenters. The zero-order valence-corrected chi connectivity index (χ0v) is 12.7. The molecule has 22 heavy (non-hydrogen) atoms. The molecule has 1 aliphatic carbocycles. The van der Waals surface area contributed by atoms with Crippen LogP contribution in [0.3, 0.4) is 0 Å². The van der Waals surface area contributed by atoms with Crippen LogP contribution in [0.4, 0.5) is 4.39 Å². The molecule has 0 spiro atoms. The molecule has 1 saturated heterocycles. The summed E-state index contributed by atoms with van der Waals surface area (Å²) in [6, 6.07) is 4.73. The second kappa shape index (κ2) is 5.23. The summed E-state index contributed by atoms with van der Waals surface area (Å²) in [5.41, 5.74) is 0.872. The summed E-state index contributed by atoms with van der Waals surface area (Å²) in [6.07, 6.45) is 2.46. The number of ether oxygens (including phenoxy) is 1. The highest BCUT2D eigenvalue weighted by molar-refractivity contribution is 5.80. The van der Waals surface area contributed by atoms with E-state index in [1.165, 1.54) is 18.9 Å². The number of nitrogens with zero attached hydrogens (tertiary/aromatic N) is 1. The highest BCUT2D eigenvalue weighted by Crippen LogP contribution is 2.46. The topological polar surface area (TPSA) is 41.6 Å². The van der Waals surface area contributed by atoms with Crippen molar-refractivity contribution in [2.24, 2.45) is 17.8 Å². The van der Waals surface area contributed by atoms with Gasteiger partial charge in [-0.15, -0.1) is 0 Å². The van der Waals surface area contributed by atoms with Gasteiger partial charge in [-0.05, 0) is 44.0 Å². The van der Waals surface area contributed by atoms with Crippen LogP contribution in [0.1, 0.15) is 24.4 Å². The lowest BCUT2D eigenvalue weighted by molar-refractivity contribution is -0.126. The summed E-state index contributed by atoms with van der Waals surface area (Å²) in [7, 11) is 2.01. The lowest BCUT2D eigenvalue weighted by Crippen LogP contribution is -2.38. The van der Waals surface area contributed by atoms with Crippen molar-refractivity contribution in [2.45, 2.75) is 18.9 Å². The molecule has 0 unspecified atom stereocenters. The monoisotopic (exact) mass is 304 g/mol. The van der Waals surface area contributed by atoms with Crippen LogP contribution in [-0.2, 0) is 4.79 Å². The van der Waals surface area contributed by atoms with Gasteiger partial charge in [-0.1, -0.05) is 0 Å². The molecule has 5 heteroatoms. The Bertz CT molecular complexity index is 602. The molecule has 1 amide bonds. The van der Waals surface area contributed by atoms with Crippen LogP contribution in [-0.4, -0.2) is 37.6 Å². The van der Waals surface area contributed by atoms with Gasteiger partial charge in [-0.2, -0.15) is 0 Å². The molecule has 4 rings (SSSR count). The Hall–Kier alpha value is -1.62. The smallest absolute Gasteiger partial charge is 0.224 e. The highest BCUT2D eigenvalue weighted by Gasteiger charge is 2.47. The first-order valence-corrected chi connectivity index (χ1v) is 8.03. The molecule has 1 aromatic rings. The molecule has 1 aromatic carbocycles. The van der Waals surface area contributed by atoms with E-state index in [0.717, 1.165) is 17.9 Å². The van der Waals surface area contributed by atoms with E-state index in [1.807, 2.05) is 7.05 Å². The fourth-order valence-electron chi connectivity index (χ4n) is 3.82. The summed E-state index contributed by atoms with van der Waals surface area (Å²) in [5, 5.41) is 3.08. The second-order valence-corrected chi connectivity index (χ2v) is 6.84. The normalized spacial score (nSPS) is 30.4. The van der Waals surface area contributed by atoms with Crippen molar-refractivity contribution in [3.8, 4) is 5.75 Å². The summed E-state index contributed by atoms with van der Waals surface area (Å²) >= 11 is 0. The van der Waals surface area contributed by atoms with Crippen LogP contribution in [0.5, 0.6) is 5.75 Å². The lowest BCUT2D eigenvalue weighted by Gasteiger charge is -2.33. The van der Waals surface area contributed by atoms with Crippen LogP contribution in [0.2, 0.25) is 0 Å². The maximum Gasteiger partial charge on any atom is 0.224 e. The van der Waals surface area contributed by atoms with E-state index in [0.29, 0.717) is 19.1 Å². The average Bonchev–Trinajstić information content (AvgIpc) is 3.27. The summed E-state index contributed by atoms with van der Waals surface area (Å²) in [5.74, 6) is 1.31. The van der Waals surface area contributed by atoms with Crippen molar-refractivity contribution in [1.29, 1.82) is 0 Å². The number of hydrogen-bond acceptors (Lipinski definition) is 3. The number of halogens is 1. The Morgan fingerprint density at radius 2 is 2.27 bits per heavy atom. The predicted octanol–water partition coefficient (Wildman–Crippen LogP) is 1.96. The molecule has 3 aliphatic rings. The third kappa shape index (κ3) is 2.37. The maximum atomic E-state index is 13.6. The number of carbonyl (C=O) groups is 1. The molecular formula is C17H21FN2O2. The zero-order valence-electron chi connectivity index (χ0n) is 12.7. The number of benzene rings is 1. The molecule has 0 aromatic heterocycles. The highest BCUT2D eigenvalue weighted by atomic mass is 19.1. The number of rotatable bonds is 3. The van der Waals surface area contributed by atoms with Crippen molar-refractivity contribution >= 4 is 5.91 Å². The molecular weight excluding hydrogens is 283 g/mol. The fraction of sp³-hybridized carbons (Fsp3) is 0.588. The first-order chi connectivity index (χ1) is 10.6. The van der Waals surface area contributed by atoms with Crippen LogP contribution < -0.4 is 10.1 Å². The zero-order chi connectivity index (χ0) is 15.3. The minimum Gasteiger partial charge on any atom is -0.493 e. The first kappa shape index (κ1) is 14.0. The van der Waals surface area contributed by atoms with E-state index in [-0.39, 0.29) is 29.6 Å². The van der Waals surface area contributed by atoms with Gasteiger partial charge in [0, 0.05) is 30.6 Å². The van der Waals surface area contributed by atoms with E-state index in [9.17, 15) is 9.18 Å². The van der Waals surface area contributed by atoms with Crippen molar-refractivity contribution in [3.63, 3.8) is 0 Å². The Balaban J connectivity index is 1.55. The molecule has 0 bridgehead atoms. The third-order valence-corrected chi connectivity index (χ3v) is 5.20. The van der Waals surface area contributed by atoms with E-state index >= 15 is 0 Å². The second-order valence-electron chi connectivity index (χ2n) is 6.84. The number of likely N-dealkylation sites (tertiary alicyclic amines) is 1. The number of fused-ring (bicyclic) bond motifs is 3. The molecule has 0 radical (unpaired) electrons. The molecule has 2 aliphatic heterocycles. The van der Waals surface area contributed by atoms with Gasteiger partial charge in [0.15, 0.2) is 0 Å². The van der Waals surface area contributed by atoms with Gasteiger partial charge < -0.3 is 10.1 Å². The van der Waals surface area contributed by atoms with Crippen molar-refractivity contribution in [3.05, 3.63) is 29.6 Å². The van der Waals surface area contributed by atoms with Gasteiger partial charge >= 0.3 is 0 Å². The predicted molar refractivity (Wildman–Crippen MR) is 80.0 cm³/mol. The van der Waals surface area contributed by atoms with Gasteiger partial charge in [-0.3, -0.25) is 9.69 Å². The molecule has 118 valence electrons. The number of carbonyl (C=O) groups excluding carboxylic acids is 1. The summed E-state index contributed by atoms with van der Waals surface area (Å²) in [6.45, 7) is 2.02. The SMILES string of the molecule is CN1C[C@@H](C(=O)NCC2CC2)[C@@H]2COc3ccc(F)cc3[C@@H]21. The van der Waals surface area contributed by atoms with Gasteiger partial charge in [0.05, 0.1) is 12.5 Å². The minimum absolute atomic E-state index is 0.0659. The Kier molecular flexibility index (Phi) is 3.33. The minimum atomic E-state index is -0.252. The molecule has 2 heterocycles. The standard InChI is InChI=1S/C17H21FN2O2/c1-20-8-13(17(21)19-7-10-2-3-10)14-9-22-15-5-4-11(18)6-12(15)16(14)20/h4-6,10,13-14,16H,2-3,7-9H2,1H3,(H,19,21)/t13-,14+,16+/m1/s1. The lowest BCUT2D eigenvalue weighted by atomic mass is 9.85. The average molecular weight is 304 g/mol. The van der Waals surface area contributed by atoms with Crippen LogP contribution in [0.25, 0.3) is 0 Å². The van der Waals surface area contributed by atoms with E-state index in [1.54, 1.807) is 12.1 Å². The summed E-state index contributed by atoms with van der Waals surface area (Å²) < 4.78 is 19.4. The number of hydrogen-bond donors (Lipinski definition) is 1. The van der Waals surface area contributed by atoms with Gasteiger partial charge in [0.2, 0.25) is 5.91 Å². The Labute approximate surface area is 129 Å². The Morgan fingerprint density at radius 3 is 3.05 bits per heavy atom. The van der Waals surface area contributed by atoms with Crippen molar-refractivity contribution < 1.29 is 13.9 Å². The molecule has 1 N–H and O–H groups in total. The first-order valence-electron chi connectivity index (χ1n) is 8.03. The molecule has 2 fully saturated rings. The van der Waals surface area contributed by atoms with Crippen molar-refractivity contribution in [2.75, 3.05) is 26.7 Å². The third-order valence-electron chi connectivity index (χ3n) is 5.20. The van der Waals surface area contributed by atoms with Crippen molar-refractivity contribution in [1.82, 2.24) is 10.2 Å². The van der Waals surface area contributed by atoms with E-state index < -0.39 is 0 Å². The quantitative estimate of drug-likeness (QED) is 0.928. The number of amides is 1. The van der Waals surface area contributed by atoms with Gasteiger partial charge in [0.25, 0.3) is 0 Å². The van der Waals surface area contributed by atoms with Crippen LogP contribution >= 0.6 is 0 Å². The fourth-order valence-corrected chi connectivity index (χ4v) is 3.82. The van der Waals surface area contributed by atoms with E-state index in [2.05, 4.69) is 10.2 Å². The largest absolute Gasteiger partial charge is 0.493 e. The van der Waals surface area contributed by atoms with Gasteiger partial charge in [-0.25, -0.2) is 4.39 Å². The van der Waals surface area contributed by atoms with Crippen LogP contribution in [0, 0.1) is 23.6 Å². The maximum absolute atomic E-state index is 13.6. The van der Waals surface area contributed by atoms with Gasteiger partial charge in [0.1, 0.15) is 11.6 Å².